The number of ketones is 1. The van der Waals surface area contributed by atoms with Crippen LogP contribution in [-0.4, -0.2) is 58.6 Å². The maximum absolute atomic E-state index is 13.0. The largest absolute Gasteiger partial charge is 0.461 e. The molecular weight excluding hydrogens is 414 g/mol. The molecule has 2 N–H and O–H groups in total. The van der Waals surface area contributed by atoms with Crippen LogP contribution in [0.2, 0.25) is 0 Å². The number of amides is 1. The average Bonchev–Trinajstić information content (AvgIpc) is 3.16. The van der Waals surface area contributed by atoms with Crippen molar-refractivity contribution < 1.29 is 28.6 Å². The summed E-state index contributed by atoms with van der Waals surface area (Å²) < 4.78 is 10.6. The number of nitrogens with one attached hydrogen (secondary N) is 2. The topological polar surface area (TPSA) is 138 Å². The number of aromatic amines is 1. The molecule has 2 atom stereocenters. The second-order valence-electron chi connectivity index (χ2n) is 7.30. The SMILES string of the molecule is [C-]#[N+]CO[C@@H](Cc1c[nH]c2ccccc12)C(=O)N[C@@H](CCC(=O)C=[N+]=[N-])C(=O)OC(C)C. The van der Waals surface area contributed by atoms with Crippen LogP contribution in [-0.2, 0) is 30.3 Å². The molecule has 1 aromatic carbocycles. The maximum Gasteiger partial charge on any atom is 0.328 e. The van der Waals surface area contributed by atoms with Crippen molar-refractivity contribution >= 4 is 34.8 Å². The van der Waals surface area contributed by atoms with Gasteiger partial charge in [0.2, 0.25) is 11.7 Å². The smallest absolute Gasteiger partial charge is 0.328 e. The molecule has 168 valence electrons. The van der Waals surface area contributed by atoms with E-state index in [0.717, 1.165) is 22.7 Å². The first kappa shape index (κ1) is 24.5. The molecule has 0 spiro atoms. The Bertz CT molecular complexity index is 1050. The molecule has 2 aromatic rings. The van der Waals surface area contributed by atoms with Gasteiger partial charge in [0.1, 0.15) is 12.1 Å². The number of fused-ring (bicyclic) bond motifs is 1. The van der Waals surface area contributed by atoms with Gasteiger partial charge in [-0.2, -0.15) is 4.79 Å². The Hall–Kier alpha value is -3.80. The van der Waals surface area contributed by atoms with E-state index in [1.54, 1.807) is 20.0 Å². The van der Waals surface area contributed by atoms with E-state index >= 15 is 0 Å². The van der Waals surface area contributed by atoms with Crippen LogP contribution in [0.25, 0.3) is 21.3 Å². The standard InChI is InChI=1S/C22H25N5O5/c1-14(2)32-22(30)19(9-8-16(28)12-26-23)27-21(29)20(31-13-24-3)10-15-11-25-18-7-5-4-6-17(15)18/h4-7,11-12,14,19-20,25H,8-10,13H2,1-2H3,(H,27,29)/t19-,20-/m0/s1. The Morgan fingerprint density at radius 1 is 1.28 bits per heavy atom. The van der Waals surface area contributed by atoms with E-state index in [2.05, 4.69) is 19.9 Å². The number of carbonyl (C=O) groups is 3. The molecule has 0 saturated heterocycles. The molecular formula is C22H25N5O5. The predicted molar refractivity (Wildman–Crippen MR) is 115 cm³/mol. The zero-order valence-electron chi connectivity index (χ0n) is 17.9. The van der Waals surface area contributed by atoms with E-state index in [9.17, 15) is 14.4 Å². The van der Waals surface area contributed by atoms with Gasteiger partial charge >= 0.3 is 18.9 Å². The zero-order chi connectivity index (χ0) is 23.5. The van der Waals surface area contributed by atoms with Crippen LogP contribution in [0.15, 0.2) is 30.5 Å². The molecule has 10 nitrogen and oxygen atoms in total. The van der Waals surface area contributed by atoms with Crippen LogP contribution in [0, 0.1) is 6.57 Å². The average molecular weight is 439 g/mol. The fourth-order valence-electron chi connectivity index (χ4n) is 3.10. The molecule has 1 amide bonds. The Morgan fingerprint density at radius 3 is 2.72 bits per heavy atom. The van der Waals surface area contributed by atoms with Crippen molar-refractivity contribution in [3.05, 3.63) is 53.0 Å². The van der Waals surface area contributed by atoms with Gasteiger partial charge in [-0.05, 0) is 31.9 Å². The van der Waals surface area contributed by atoms with E-state index in [1.807, 2.05) is 24.3 Å². The van der Waals surface area contributed by atoms with Crippen molar-refractivity contribution in [3.63, 3.8) is 0 Å². The van der Waals surface area contributed by atoms with E-state index in [0.29, 0.717) is 0 Å². The van der Waals surface area contributed by atoms with Crippen molar-refractivity contribution in [2.75, 3.05) is 6.73 Å². The first-order valence-electron chi connectivity index (χ1n) is 10.1. The highest BCUT2D eigenvalue weighted by molar-refractivity contribution is 6.25. The lowest BCUT2D eigenvalue weighted by Crippen LogP contribution is -2.48. The summed E-state index contributed by atoms with van der Waals surface area (Å²) in [5.41, 5.74) is 10.2. The van der Waals surface area contributed by atoms with E-state index in [4.69, 9.17) is 21.6 Å². The molecule has 0 aliphatic carbocycles. The van der Waals surface area contributed by atoms with Gasteiger partial charge in [-0.3, -0.25) is 19.2 Å². The number of nitrogens with zero attached hydrogens (tertiary/aromatic N) is 3. The maximum atomic E-state index is 13.0. The molecule has 10 heteroatoms. The summed E-state index contributed by atoms with van der Waals surface area (Å²) in [6.07, 6.45) is 1.02. The summed E-state index contributed by atoms with van der Waals surface area (Å²) in [6.45, 7) is 9.98. The minimum atomic E-state index is -1.11. The van der Waals surface area contributed by atoms with Crippen molar-refractivity contribution in [1.29, 1.82) is 0 Å². The first-order valence-corrected chi connectivity index (χ1v) is 10.1. The molecule has 0 unspecified atom stereocenters. The lowest BCUT2D eigenvalue weighted by atomic mass is 10.0. The van der Waals surface area contributed by atoms with Crippen molar-refractivity contribution in [2.45, 2.75) is 51.4 Å². The number of rotatable bonds is 12. The van der Waals surface area contributed by atoms with Gasteiger partial charge in [0.25, 0.3) is 0 Å². The van der Waals surface area contributed by atoms with E-state index in [-0.39, 0.29) is 26.0 Å². The Kier molecular flexibility index (Phi) is 9.29. The zero-order valence-corrected chi connectivity index (χ0v) is 17.9. The third-order valence-electron chi connectivity index (χ3n) is 4.55. The van der Waals surface area contributed by atoms with Gasteiger partial charge < -0.3 is 20.6 Å². The molecule has 0 radical (unpaired) electrons. The Labute approximate surface area is 185 Å². The molecule has 0 bridgehead atoms. The summed E-state index contributed by atoms with van der Waals surface area (Å²) in [4.78, 5) is 46.0. The number of benzene rings is 1. The third-order valence-corrected chi connectivity index (χ3v) is 4.55. The lowest BCUT2D eigenvalue weighted by molar-refractivity contribution is -0.153. The number of para-hydroxylation sites is 1. The molecule has 1 heterocycles. The number of Topliss-reactive ketones (excluding diaryl/α,β-unsaturated/α-hetero) is 1. The number of H-pyrrole nitrogens is 1. The molecule has 0 fully saturated rings. The minimum Gasteiger partial charge on any atom is -0.461 e. The monoisotopic (exact) mass is 439 g/mol. The summed E-state index contributed by atoms with van der Waals surface area (Å²) in [5, 5.41) is 3.50. The van der Waals surface area contributed by atoms with Crippen molar-refractivity contribution in [1.82, 2.24) is 10.3 Å². The molecule has 0 aliphatic rings. The highest BCUT2D eigenvalue weighted by Crippen LogP contribution is 2.20. The lowest BCUT2D eigenvalue weighted by Gasteiger charge is -2.21. The minimum absolute atomic E-state index is 0.0508. The third kappa shape index (κ3) is 7.16. The summed E-state index contributed by atoms with van der Waals surface area (Å²) >= 11 is 0. The number of ether oxygens (including phenoxy) is 2. The number of esters is 1. The molecule has 2 rings (SSSR count). The summed E-state index contributed by atoms with van der Waals surface area (Å²) in [5.74, 6) is -1.81. The summed E-state index contributed by atoms with van der Waals surface area (Å²) in [7, 11) is 0. The first-order chi connectivity index (χ1) is 15.3. The van der Waals surface area contributed by atoms with Gasteiger partial charge in [-0.25, -0.2) is 11.4 Å². The van der Waals surface area contributed by atoms with Crippen LogP contribution in [0.5, 0.6) is 0 Å². The number of aromatic nitrogens is 1. The van der Waals surface area contributed by atoms with Gasteiger partial charge in [0.15, 0.2) is 0 Å². The van der Waals surface area contributed by atoms with Gasteiger partial charge in [0, 0.05) is 29.9 Å². The second kappa shape index (κ2) is 12.2. The molecule has 32 heavy (non-hydrogen) atoms. The predicted octanol–water partition coefficient (Wildman–Crippen LogP) is 2.06. The second-order valence-corrected chi connectivity index (χ2v) is 7.30. The Morgan fingerprint density at radius 2 is 2.03 bits per heavy atom. The van der Waals surface area contributed by atoms with Gasteiger partial charge in [-0.15, -0.1) is 0 Å². The molecule has 0 aliphatic heterocycles. The van der Waals surface area contributed by atoms with Crippen LogP contribution < -0.4 is 5.32 Å². The van der Waals surface area contributed by atoms with Crippen LogP contribution in [0.4, 0.5) is 0 Å². The normalized spacial score (nSPS) is 12.4. The highest BCUT2D eigenvalue weighted by Gasteiger charge is 2.29. The van der Waals surface area contributed by atoms with E-state index in [1.165, 1.54) is 0 Å². The van der Waals surface area contributed by atoms with Crippen molar-refractivity contribution in [2.24, 2.45) is 0 Å². The van der Waals surface area contributed by atoms with Gasteiger partial charge in [-0.1, -0.05) is 18.2 Å². The number of hydrogen-bond donors (Lipinski definition) is 2. The number of carbonyl (C=O) groups excluding carboxylic acids is 3. The van der Waals surface area contributed by atoms with Crippen LogP contribution in [0.1, 0.15) is 32.3 Å². The molecule has 1 aromatic heterocycles. The highest BCUT2D eigenvalue weighted by atomic mass is 16.5. The summed E-state index contributed by atoms with van der Waals surface area (Å²) in [6, 6.07) is 6.46. The number of hydrogen-bond acceptors (Lipinski definition) is 5. The Balaban J connectivity index is 2.18. The fourth-order valence-corrected chi connectivity index (χ4v) is 3.10. The van der Waals surface area contributed by atoms with Crippen molar-refractivity contribution in [3.8, 4) is 0 Å². The van der Waals surface area contributed by atoms with Crippen LogP contribution in [0.3, 0.4) is 0 Å². The van der Waals surface area contributed by atoms with E-state index < -0.39 is 35.9 Å². The fraction of sp³-hybridized carbons (Fsp3) is 0.409. The molecule has 0 saturated carbocycles. The van der Waals surface area contributed by atoms with Gasteiger partial charge in [0.05, 0.1) is 6.10 Å². The van der Waals surface area contributed by atoms with Crippen LogP contribution >= 0.6 is 0 Å². The quantitative estimate of drug-likeness (QED) is 0.171.